The van der Waals surface area contributed by atoms with E-state index in [1.165, 1.54) is 6.07 Å². The molecular weight excluding hydrogens is 268 g/mol. The van der Waals surface area contributed by atoms with Gasteiger partial charge in [0.1, 0.15) is 5.82 Å². The maximum absolute atomic E-state index is 13.4. The lowest BCUT2D eigenvalue weighted by Gasteiger charge is -2.11. The zero-order valence-corrected chi connectivity index (χ0v) is 10.00. The molecule has 1 N–H and O–H groups in total. The number of halogens is 3. The van der Waals surface area contributed by atoms with Crippen molar-refractivity contribution in [2.75, 3.05) is 6.54 Å². The molecular formula is C10H12BrClFN. The molecule has 1 aliphatic rings. The van der Waals surface area contributed by atoms with Gasteiger partial charge in [0, 0.05) is 16.1 Å². The summed E-state index contributed by atoms with van der Waals surface area (Å²) in [4.78, 5) is 0. The smallest absolute Gasteiger partial charge is 0.129 e. The summed E-state index contributed by atoms with van der Waals surface area (Å²) in [5, 5.41) is 3.28. The molecule has 0 spiro atoms. The Balaban J connectivity index is 0.000000980. The SMILES string of the molecule is Cl.Fc1cc(Br)ccc1[C@H]1CCCN1. The fraction of sp³-hybridized carbons (Fsp3) is 0.400. The Hall–Kier alpha value is -0.120. The van der Waals surface area contributed by atoms with E-state index in [0.717, 1.165) is 29.4 Å². The third-order valence-electron chi connectivity index (χ3n) is 2.40. The van der Waals surface area contributed by atoms with Crippen LogP contribution < -0.4 is 5.32 Å². The van der Waals surface area contributed by atoms with Crippen molar-refractivity contribution in [1.29, 1.82) is 0 Å². The first-order valence-electron chi connectivity index (χ1n) is 4.46. The highest BCUT2D eigenvalue weighted by atomic mass is 79.9. The maximum Gasteiger partial charge on any atom is 0.129 e. The molecule has 14 heavy (non-hydrogen) atoms. The van der Waals surface area contributed by atoms with Crippen LogP contribution in [0.5, 0.6) is 0 Å². The van der Waals surface area contributed by atoms with Crippen LogP contribution in [0.25, 0.3) is 0 Å². The van der Waals surface area contributed by atoms with Crippen LogP contribution in [-0.4, -0.2) is 6.54 Å². The Morgan fingerprint density at radius 3 is 2.79 bits per heavy atom. The monoisotopic (exact) mass is 279 g/mol. The first kappa shape index (κ1) is 12.0. The van der Waals surface area contributed by atoms with E-state index in [2.05, 4.69) is 21.2 Å². The van der Waals surface area contributed by atoms with Gasteiger partial charge in [0.15, 0.2) is 0 Å². The lowest BCUT2D eigenvalue weighted by Crippen LogP contribution is -2.14. The van der Waals surface area contributed by atoms with Gasteiger partial charge in [-0.05, 0) is 31.5 Å². The fourth-order valence-electron chi connectivity index (χ4n) is 1.73. The molecule has 1 aromatic rings. The second-order valence-electron chi connectivity index (χ2n) is 3.31. The van der Waals surface area contributed by atoms with Crippen LogP contribution in [0.4, 0.5) is 4.39 Å². The Kier molecular flexibility index (Phi) is 4.35. The van der Waals surface area contributed by atoms with Gasteiger partial charge in [-0.25, -0.2) is 4.39 Å². The molecule has 0 aromatic heterocycles. The zero-order valence-electron chi connectivity index (χ0n) is 7.59. The standard InChI is InChI=1S/C10H11BrFN.ClH/c11-7-3-4-8(9(12)6-7)10-2-1-5-13-10;/h3-4,6,10,13H,1-2,5H2;1H/t10-;/m1./s1. The summed E-state index contributed by atoms with van der Waals surface area (Å²) in [7, 11) is 0. The van der Waals surface area contributed by atoms with Crippen molar-refractivity contribution >= 4 is 28.3 Å². The molecule has 2 rings (SSSR count). The summed E-state index contributed by atoms with van der Waals surface area (Å²) in [5.74, 6) is -0.117. The molecule has 1 heterocycles. The number of rotatable bonds is 1. The van der Waals surface area contributed by atoms with Crippen LogP contribution >= 0.6 is 28.3 Å². The minimum atomic E-state index is -0.117. The Morgan fingerprint density at radius 1 is 1.43 bits per heavy atom. The molecule has 1 aromatic carbocycles. The van der Waals surface area contributed by atoms with E-state index in [-0.39, 0.29) is 24.3 Å². The molecule has 0 radical (unpaired) electrons. The average Bonchev–Trinajstić information content (AvgIpc) is 2.56. The van der Waals surface area contributed by atoms with Crippen LogP contribution in [0, 0.1) is 5.82 Å². The molecule has 1 saturated heterocycles. The van der Waals surface area contributed by atoms with Gasteiger partial charge in [-0.15, -0.1) is 12.4 Å². The molecule has 0 bridgehead atoms. The summed E-state index contributed by atoms with van der Waals surface area (Å²) in [5.41, 5.74) is 0.792. The predicted molar refractivity (Wildman–Crippen MR) is 61.3 cm³/mol. The minimum Gasteiger partial charge on any atom is -0.310 e. The third-order valence-corrected chi connectivity index (χ3v) is 2.89. The summed E-state index contributed by atoms with van der Waals surface area (Å²) in [6.07, 6.45) is 2.18. The lowest BCUT2D eigenvalue weighted by atomic mass is 10.1. The van der Waals surface area contributed by atoms with E-state index in [1.807, 2.05) is 12.1 Å². The third kappa shape index (κ3) is 2.47. The van der Waals surface area contributed by atoms with Crippen LogP contribution in [0.2, 0.25) is 0 Å². The first-order chi connectivity index (χ1) is 6.27. The van der Waals surface area contributed by atoms with Gasteiger partial charge < -0.3 is 5.32 Å². The van der Waals surface area contributed by atoms with Crippen molar-refractivity contribution in [3.8, 4) is 0 Å². The van der Waals surface area contributed by atoms with E-state index < -0.39 is 0 Å². The second-order valence-corrected chi connectivity index (χ2v) is 4.23. The van der Waals surface area contributed by atoms with Crippen LogP contribution in [0.1, 0.15) is 24.4 Å². The second kappa shape index (κ2) is 5.10. The molecule has 78 valence electrons. The van der Waals surface area contributed by atoms with E-state index in [1.54, 1.807) is 0 Å². The molecule has 0 saturated carbocycles. The number of benzene rings is 1. The zero-order chi connectivity index (χ0) is 9.26. The normalized spacial score (nSPS) is 20.6. The molecule has 1 fully saturated rings. The van der Waals surface area contributed by atoms with Gasteiger partial charge >= 0.3 is 0 Å². The predicted octanol–water partition coefficient (Wildman–Crippen LogP) is 3.43. The lowest BCUT2D eigenvalue weighted by molar-refractivity contribution is 0.558. The van der Waals surface area contributed by atoms with Gasteiger partial charge in [0.05, 0.1) is 0 Å². The molecule has 1 atom stereocenters. The molecule has 0 aliphatic carbocycles. The van der Waals surface area contributed by atoms with E-state index in [4.69, 9.17) is 0 Å². The van der Waals surface area contributed by atoms with Crippen molar-refractivity contribution in [1.82, 2.24) is 5.32 Å². The Morgan fingerprint density at radius 2 is 2.21 bits per heavy atom. The van der Waals surface area contributed by atoms with E-state index in [0.29, 0.717) is 0 Å². The molecule has 0 amide bonds. The highest BCUT2D eigenvalue weighted by Crippen LogP contribution is 2.26. The van der Waals surface area contributed by atoms with Gasteiger partial charge in [-0.1, -0.05) is 22.0 Å². The number of nitrogens with one attached hydrogen (secondary N) is 1. The van der Waals surface area contributed by atoms with E-state index in [9.17, 15) is 4.39 Å². The highest BCUT2D eigenvalue weighted by Gasteiger charge is 2.19. The maximum atomic E-state index is 13.4. The molecule has 4 heteroatoms. The van der Waals surface area contributed by atoms with Crippen LogP contribution in [-0.2, 0) is 0 Å². The topological polar surface area (TPSA) is 12.0 Å². The molecule has 1 nitrogen and oxygen atoms in total. The molecule has 0 unspecified atom stereocenters. The van der Waals surface area contributed by atoms with Gasteiger partial charge in [-0.2, -0.15) is 0 Å². The number of hydrogen-bond acceptors (Lipinski definition) is 1. The largest absolute Gasteiger partial charge is 0.310 e. The Labute approximate surface area is 97.6 Å². The summed E-state index contributed by atoms with van der Waals surface area (Å²) in [6, 6.07) is 5.48. The van der Waals surface area contributed by atoms with Crippen molar-refractivity contribution in [2.24, 2.45) is 0 Å². The van der Waals surface area contributed by atoms with Gasteiger partial charge in [0.2, 0.25) is 0 Å². The van der Waals surface area contributed by atoms with Crippen molar-refractivity contribution < 1.29 is 4.39 Å². The Bertz CT molecular complexity index is 313. The fourth-order valence-corrected chi connectivity index (χ4v) is 2.07. The van der Waals surface area contributed by atoms with Crippen molar-refractivity contribution in [3.63, 3.8) is 0 Å². The molecule has 1 aliphatic heterocycles. The summed E-state index contributed by atoms with van der Waals surface area (Å²) >= 11 is 3.24. The van der Waals surface area contributed by atoms with Crippen LogP contribution in [0.3, 0.4) is 0 Å². The first-order valence-corrected chi connectivity index (χ1v) is 5.25. The average molecular weight is 281 g/mol. The number of hydrogen-bond donors (Lipinski definition) is 1. The van der Waals surface area contributed by atoms with Crippen LogP contribution in [0.15, 0.2) is 22.7 Å². The quantitative estimate of drug-likeness (QED) is 0.831. The highest BCUT2D eigenvalue weighted by molar-refractivity contribution is 9.10. The van der Waals surface area contributed by atoms with Gasteiger partial charge in [-0.3, -0.25) is 0 Å². The summed E-state index contributed by atoms with van der Waals surface area (Å²) in [6.45, 7) is 1.00. The van der Waals surface area contributed by atoms with Crippen molar-refractivity contribution in [3.05, 3.63) is 34.1 Å². The summed E-state index contributed by atoms with van der Waals surface area (Å²) < 4.78 is 14.2. The van der Waals surface area contributed by atoms with Gasteiger partial charge in [0.25, 0.3) is 0 Å². The van der Waals surface area contributed by atoms with Crippen molar-refractivity contribution in [2.45, 2.75) is 18.9 Å². The minimum absolute atomic E-state index is 0. The van der Waals surface area contributed by atoms with E-state index >= 15 is 0 Å².